The maximum absolute atomic E-state index is 12.1. The highest BCUT2D eigenvalue weighted by atomic mass is 32.2. The van der Waals surface area contributed by atoms with E-state index in [1.807, 2.05) is 0 Å². The van der Waals surface area contributed by atoms with Crippen molar-refractivity contribution in [1.29, 1.82) is 0 Å². The van der Waals surface area contributed by atoms with E-state index in [9.17, 15) is 13.2 Å². The van der Waals surface area contributed by atoms with Crippen molar-refractivity contribution >= 4 is 15.8 Å². The highest BCUT2D eigenvalue weighted by Gasteiger charge is 2.30. The first-order chi connectivity index (χ1) is 7.51. The van der Waals surface area contributed by atoms with Gasteiger partial charge in [0.25, 0.3) is 0 Å². The van der Waals surface area contributed by atoms with E-state index in [-0.39, 0.29) is 23.8 Å². The number of rotatable bonds is 2. The van der Waals surface area contributed by atoms with E-state index in [4.69, 9.17) is 0 Å². The van der Waals surface area contributed by atoms with Crippen LogP contribution in [0.25, 0.3) is 0 Å². The number of aromatic nitrogens is 2. The topological polar surface area (TPSA) is 83.1 Å². The quantitative estimate of drug-likeness (QED) is 0.796. The summed E-state index contributed by atoms with van der Waals surface area (Å²) in [5, 5.41) is 6.30. The van der Waals surface area contributed by atoms with Crippen LogP contribution in [0, 0.1) is 6.92 Å². The summed E-state index contributed by atoms with van der Waals surface area (Å²) < 4.78 is 25.6. The van der Waals surface area contributed by atoms with Crippen molar-refractivity contribution in [1.82, 2.24) is 14.5 Å². The molecule has 0 atom stereocenters. The van der Waals surface area contributed by atoms with Crippen LogP contribution in [0.1, 0.15) is 18.5 Å². The summed E-state index contributed by atoms with van der Waals surface area (Å²) in [5.74, 6) is 0.121. The van der Waals surface area contributed by atoms with E-state index in [2.05, 4.69) is 10.2 Å². The number of sulfonamides is 1. The Balaban J connectivity index is 2.27. The van der Waals surface area contributed by atoms with Gasteiger partial charge < -0.3 is 0 Å². The van der Waals surface area contributed by atoms with Crippen molar-refractivity contribution in [2.24, 2.45) is 0 Å². The third-order valence-corrected chi connectivity index (χ3v) is 4.69. The molecule has 0 aliphatic carbocycles. The average molecular weight is 243 g/mol. The van der Waals surface area contributed by atoms with Gasteiger partial charge in [0.2, 0.25) is 10.0 Å². The molecule has 6 nitrogen and oxygen atoms in total. The number of aromatic amines is 1. The SMILES string of the molecule is Cc1[nH]ncc1S(=O)(=O)N1CCC(=O)CC1. The van der Waals surface area contributed by atoms with Crippen LogP contribution in [0.4, 0.5) is 0 Å². The fourth-order valence-corrected chi connectivity index (χ4v) is 3.27. The molecule has 0 bridgehead atoms. The predicted molar refractivity (Wildman–Crippen MR) is 56.3 cm³/mol. The minimum atomic E-state index is -3.49. The third kappa shape index (κ3) is 1.88. The molecule has 7 heteroatoms. The zero-order valence-electron chi connectivity index (χ0n) is 8.93. The van der Waals surface area contributed by atoms with Gasteiger partial charge >= 0.3 is 0 Å². The largest absolute Gasteiger partial charge is 0.300 e. The molecule has 1 N–H and O–H groups in total. The lowest BCUT2D eigenvalue weighted by Crippen LogP contribution is -2.38. The van der Waals surface area contributed by atoms with Crippen molar-refractivity contribution in [3.8, 4) is 0 Å². The average Bonchev–Trinajstić information content (AvgIpc) is 2.66. The molecule has 0 unspecified atom stereocenters. The fraction of sp³-hybridized carbons (Fsp3) is 0.556. The van der Waals surface area contributed by atoms with Gasteiger partial charge in [0.05, 0.1) is 11.9 Å². The maximum Gasteiger partial charge on any atom is 0.246 e. The Morgan fingerprint density at radius 2 is 2.00 bits per heavy atom. The maximum atomic E-state index is 12.1. The molecular weight excluding hydrogens is 230 g/mol. The number of aryl methyl sites for hydroxylation is 1. The number of Topliss-reactive ketones (excluding diaryl/α,β-unsaturated/α-hetero) is 1. The molecule has 2 rings (SSSR count). The summed E-state index contributed by atoms with van der Waals surface area (Å²) in [4.78, 5) is 11.2. The molecule has 0 amide bonds. The van der Waals surface area contributed by atoms with Gasteiger partial charge in [-0.25, -0.2) is 8.42 Å². The lowest BCUT2D eigenvalue weighted by atomic mass is 10.1. The van der Waals surface area contributed by atoms with E-state index in [1.54, 1.807) is 6.92 Å². The summed E-state index contributed by atoms with van der Waals surface area (Å²) >= 11 is 0. The van der Waals surface area contributed by atoms with E-state index in [0.717, 1.165) is 0 Å². The zero-order chi connectivity index (χ0) is 11.8. The lowest BCUT2D eigenvalue weighted by molar-refractivity contribution is -0.120. The Hall–Kier alpha value is -1.21. The lowest BCUT2D eigenvalue weighted by Gasteiger charge is -2.24. The Bertz CT molecular complexity index is 496. The summed E-state index contributed by atoms with van der Waals surface area (Å²) in [6.07, 6.45) is 1.91. The number of ketones is 1. The van der Waals surface area contributed by atoms with Gasteiger partial charge in [-0.15, -0.1) is 0 Å². The normalized spacial score (nSPS) is 18.9. The van der Waals surface area contributed by atoms with Crippen molar-refractivity contribution in [2.45, 2.75) is 24.7 Å². The molecule has 1 fully saturated rings. The number of piperidine rings is 1. The van der Waals surface area contributed by atoms with Gasteiger partial charge in [-0.1, -0.05) is 0 Å². The second-order valence-electron chi connectivity index (χ2n) is 3.80. The van der Waals surface area contributed by atoms with Crippen LogP contribution in [0.2, 0.25) is 0 Å². The second kappa shape index (κ2) is 3.99. The fourth-order valence-electron chi connectivity index (χ4n) is 1.71. The van der Waals surface area contributed by atoms with Crippen LogP contribution in [0.5, 0.6) is 0 Å². The molecule has 0 saturated carbocycles. The Morgan fingerprint density at radius 1 is 1.38 bits per heavy atom. The smallest absolute Gasteiger partial charge is 0.246 e. The molecule has 0 aromatic carbocycles. The molecule has 1 aromatic rings. The van der Waals surface area contributed by atoms with E-state index >= 15 is 0 Å². The van der Waals surface area contributed by atoms with Crippen LogP contribution in [0.15, 0.2) is 11.1 Å². The Morgan fingerprint density at radius 3 is 2.50 bits per heavy atom. The van der Waals surface area contributed by atoms with Gasteiger partial charge in [-0.3, -0.25) is 9.89 Å². The van der Waals surface area contributed by atoms with E-state index in [0.29, 0.717) is 18.5 Å². The molecule has 2 heterocycles. The monoisotopic (exact) mass is 243 g/mol. The number of nitrogens with zero attached hydrogens (tertiary/aromatic N) is 2. The van der Waals surface area contributed by atoms with Crippen LogP contribution in [-0.4, -0.2) is 41.8 Å². The highest BCUT2D eigenvalue weighted by molar-refractivity contribution is 7.89. The number of H-pyrrole nitrogens is 1. The van der Waals surface area contributed by atoms with Gasteiger partial charge in [-0.2, -0.15) is 9.40 Å². The third-order valence-electron chi connectivity index (χ3n) is 2.68. The summed E-state index contributed by atoms with van der Waals surface area (Å²) in [5.41, 5.74) is 0.525. The summed E-state index contributed by atoms with van der Waals surface area (Å²) in [6, 6.07) is 0. The number of hydrogen-bond acceptors (Lipinski definition) is 4. The molecule has 16 heavy (non-hydrogen) atoms. The zero-order valence-corrected chi connectivity index (χ0v) is 9.75. The molecule has 1 aromatic heterocycles. The Labute approximate surface area is 93.7 Å². The molecule has 0 spiro atoms. The summed E-state index contributed by atoms with van der Waals surface area (Å²) in [6.45, 7) is 2.20. The van der Waals surface area contributed by atoms with Crippen LogP contribution in [-0.2, 0) is 14.8 Å². The van der Waals surface area contributed by atoms with Crippen molar-refractivity contribution in [3.05, 3.63) is 11.9 Å². The molecule has 1 aliphatic rings. The highest BCUT2D eigenvalue weighted by Crippen LogP contribution is 2.20. The Kier molecular flexibility index (Phi) is 2.81. The van der Waals surface area contributed by atoms with E-state index < -0.39 is 10.0 Å². The van der Waals surface area contributed by atoms with Gasteiger partial charge in [0.1, 0.15) is 10.7 Å². The van der Waals surface area contributed by atoms with Crippen molar-refractivity contribution in [2.75, 3.05) is 13.1 Å². The summed E-state index contributed by atoms with van der Waals surface area (Å²) in [7, 11) is -3.49. The second-order valence-corrected chi connectivity index (χ2v) is 5.71. The van der Waals surface area contributed by atoms with Gasteiger partial charge in [-0.05, 0) is 6.92 Å². The number of nitrogens with one attached hydrogen (secondary N) is 1. The van der Waals surface area contributed by atoms with Crippen molar-refractivity contribution in [3.63, 3.8) is 0 Å². The van der Waals surface area contributed by atoms with Crippen molar-refractivity contribution < 1.29 is 13.2 Å². The minimum Gasteiger partial charge on any atom is -0.300 e. The first-order valence-corrected chi connectivity index (χ1v) is 6.47. The van der Waals surface area contributed by atoms with Gasteiger partial charge in [0.15, 0.2) is 0 Å². The van der Waals surface area contributed by atoms with Crippen LogP contribution >= 0.6 is 0 Å². The molecule has 88 valence electrons. The van der Waals surface area contributed by atoms with Gasteiger partial charge in [0, 0.05) is 25.9 Å². The van der Waals surface area contributed by atoms with Crippen LogP contribution < -0.4 is 0 Å². The number of carbonyl (C=O) groups is 1. The standard InChI is InChI=1S/C9H13N3O3S/c1-7-9(6-10-11-7)16(14,15)12-4-2-8(13)3-5-12/h6H,2-5H2,1H3,(H,10,11). The van der Waals surface area contributed by atoms with E-state index in [1.165, 1.54) is 10.5 Å². The minimum absolute atomic E-state index is 0.121. The first kappa shape index (κ1) is 11.3. The molecule has 1 aliphatic heterocycles. The predicted octanol–water partition coefficient (Wildman–Crippen LogP) is 0.0717. The number of carbonyl (C=O) groups excluding carboxylic acids is 1. The molecular formula is C9H13N3O3S. The first-order valence-electron chi connectivity index (χ1n) is 5.03. The van der Waals surface area contributed by atoms with Crippen LogP contribution in [0.3, 0.4) is 0 Å². The number of hydrogen-bond donors (Lipinski definition) is 1. The molecule has 0 radical (unpaired) electrons. The molecule has 1 saturated heterocycles.